The van der Waals surface area contributed by atoms with Crippen molar-refractivity contribution in [2.24, 2.45) is 11.8 Å². The third-order valence-electron chi connectivity index (χ3n) is 7.33. The van der Waals surface area contributed by atoms with Gasteiger partial charge in [-0.15, -0.1) is 0 Å². The summed E-state index contributed by atoms with van der Waals surface area (Å²) in [5.74, 6) is 15.2. The van der Waals surface area contributed by atoms with Crippen LogP contribution in [0.25, 0.3) is 0 Å². The standard InChI is InChI=1S/C34H44/c1-3-5-6-7-8-9-10-12-30-15-19-32(20-16-30)22-24-34-27-25-33(26-28-34)23-21-31-17-13-29(11-4-2)14-18-31/h15-16,19-20,25-29,31H,3-9,11,13-14,17-18,21,23H2,1-2H3. The lowest BCUT2D eigenvalue weighted by atomic mass is 9.78. The summed E-state index contributed by atoms with van der Waals surface area (Å²) in [4.78, 5) is 0. The van der Waals surface area contributed by atoms with Gasteiger partial charge in [-0.2, -0.15) is 0 Å². The Morgan fingerprint density at radius 1 is 0.588 bits per heavy atom. The quantitative estimate of drug-likeness (QED) is 0.249. The van der Waals surface area contributed by atoms with Crippen molar-refractivity contribution >= 4 is 0 Å². The largest absolute Gasteiger partial charge is 0.0979 e. The van der Waals surface area contributed by atoms with Crippen molar-refractivity contribution in [2.75, 3.05) is 0 Å². The molecule has 1 saturated carbocycles. The average Bonchev–Trinajstić information content (AvgIpc) is 2.88. The van der Waals surface area contributed by atoms with Crippen LogP contribution < -0.4 is 0 Å². The minimum Gasteiger partial charge on any atom is -0.0979 e. The maximum absolute atomic E-state index is 3.32. The lowest BCUT2D eigenvalue weighted by molar-refractivity contribution is 0.252. The van der Waals surface area contributed by atoms with Crippen LogP contribution in [-0.2, 0) is 6.42 Å². The Morgan fingerprint density at radius 3 is 1.71 bits per heavy atom. The van der Waals surface area contributed by atoms with E-state index >= 15 is 0 Å². The van der Waals surface area contributed by atoms with Gasteiger partial charge in [0, 0.05) is 23.1 Å². The summed E-state index contributed by atoms with van der Waals surface area (Å²) in [5.41, 5.74) is 4.68. The molecule has 0 heterocycles. The Bertz CT molecular complexity index is 932. The lowest BCUT2D eigenvalue weighted by Crippen LogP contribution is -2.15. The Balaban J connectivity index is 1.40. The van der Waals surface area contributed by atoms with E-state index in [2.05, 4.69) is 86.1 Å². The van der Waals surface area contributed by atoms with Crippen molar-refractivity contribution in [3.05, 3.63) is 70.8 Å². The van der Waals surface area contributed by atoms with Crippen LogP contribution in [0.5, 0.6) is 0 Å². The summed E-state index contributed by atoms with van der Waals surface area (Å²) in [6.07, 6.45) is 18.6. The van der Waals surface area contributed by atoms with Crippen LogP contribution in [0.2, 0.25) is 0 Å². The van der Waals surface area contributed by atoms with Crippen LogP contribution in [0.3, 0.4) is 0 Å². The van der Waals surface area contributed by atoms with Crippen LogP contribution in [0, 0.1) is 35.5 Å². The van der Waals surface area contributed by atoms with E-state index in [0.717, 1.165) is 34.9 Å². The molecule has 0 aromatic heterocycles. The van der Waals surface area contributed by atoms with E-state index in [1.54, 1.807) is 0 Å². The molecule has 0 amide bonds. The minimum absolute atomic E-state index is 0.936. The van der Waals surface area contributed by atoms with E-state index in [-0.39, 0.29) is 0 Å². The van der Waals surface area contributed by atoms with Gasteiger partial charge in [0.1, 0.15) is 0 Å². The zero-order valence-electron chi connectivity index (χ0n) is 21.7. The molecule has 0 heteroatoms. The topological polar surface area (TPSA) is 0 Å². The summed E-state index contributed by atoms with van der Waals surface area (Å²) in [5, 5.41) is 0. The minimum atomic E-state index is 0.936. The highest BCUT2D eigenvalue weighted by molar-refractivity contribution is 5.46. The molecule has 180 valence electrons. The maximum atomic E-state index is 3.32. The first-order chi connectivity index (χ1) is 16.8. The Labute approximate surface area is 210 Å². The molecule has 0 saturated heterocycles. The Hall–Kier alpha value is -2.44. The van der Waals surface area contributed by atoms with E-state index < -0.39 is 0 Å². The van der Waals surface area contributed by atoms with Crippen LogP contribution >= 0.6 is 0 Å². The fourth-order valence-electron chi connectivity index (χ4n) is 5.11. The number of hydrogen-bond donors (Lipinski definition) is 0. The van der Waals surface area contributed by atoms with Crippen molar-refractivity contribution in [3.63, 3.8) is 0 Å². The fourth-order valence-corrected chi connectivity index (χ4v) is 5.11. The second-order valence-electron chi connectivity index (χ2n) is 10.2. The van der Waals surface area contributed by atoms with Gasteiger partial charge in [-0.3, -0.25) is 0 Å². The molecule has 0 atom stereocenters. The first-order valence-corrected chi connectivity index (χ1v) is 14.0. The van der Waals surface area contributed by atoms with Crippen LogP contribution in [0.15, 0.2) is 48.5 Å². The second kappa shape index (κ2) is 15.5. The summed E-state index contributed by atoms with van der Waals surface area (Å²) in [6.45, 7) is 4.58. The number of benzene rings is 2. The van der Waals surface area contributed by atoms with Gasteiger partial charge >= 0.3 is 0 Å². The van der Waals surface area contributed by atoms with E-state index in [9.17, 15) is 0 Å². The average molecular weight is 453 g/mol. The van der Waals surface area contributed by atoms with Crippen LogP contribution in [-0.4, -0.2) is 0 Å². The smallest absolute Gasteiger partial charge is 0.0249 e. The van der Waals surface area contributed by atoms with Crippen molar-refractivity contribution < 1.29 is 0 Å². The molecule has 0 nitrogen and oxygen atoms in total. The van der Waals surface area contributed by atoms with Crippen LogP contribution in [0.1, 0.15) is 120 Å². The summed E-state index contributed by atoms with van der Waals surface area (Å²) in [7, 11) is 0. The predicted octanol–water partition coefficient (Wildman–Crippen LogP) is 9.34. The highest BCUT2D eigenvalue weighted by atomic mass is 14.3. The second-order valence-corrected chi connectivity index (χ2v) is 10.2. The molecule has 0 bridgehead atoms. The Kier molecular flexibility index (Phi) is 11.9. The highest BCUT2D eigenvalue weighted by Crippen LogP contribution is 2.33. The zero-order valence-corrected chi connectivity index (χ0v) is 21.7. The molecule has 1 aliphatic rings. The van der Waals surface area contributed by atoms with E-state index in [1.165, 1.54) is 89.0 Å². The van der Waals surface area contributed by atoms with Crippen LogP contribution in [0.4, 0.5) is 0 Å². The molecule has 0 aliphatic heterocycles. The molecule has 34 heavy (non-hydrogen) atoms. The molecule has 0 spiro atoms. The van der Waals surface area contributed by atoms with Crippen molar-refractivity contribution in [1.29, 1.82) is 0 Å². The van der Waals surface area contributed by atoms with Gasteiger partial charge in [-0.05, 0) is 73.1 Å². The van der Waals surface area contributed by atoms with Gasteiger partial charge in [0.2, 0.25) is 0 Å². The molecule has 2 aromatic rings. The maximum Gasteiger partial charge on any atom is 0.0249 e. The molecule has 1 aliphatic carbocycles. The fraction of sp³-hybridized carbons (Fsp3) is 0.529. The third-order valence-corrected chi connectivity index (χ3v) is 7.33. The van der Waals surface area contributed by atoms with Crippen molar-refractivity contribution in [3.8, 4) is 23.7 Å². The van der Waals surface area contributed by atoms with E-state index in [4.69, 9.17) is 0 Å². The molecular formula is C34H44. The molecular weight excluding hydrogens is 408 g/mol. The number of unbranched alkanes of at least 4 members (excludes halogenated alkanes) is 5. The lowest BCUT2D eigenvalue weighted by Gasteiger charge is -2.28. The summed E-state index contributed by atoms with van der Waals surface area (Å²) in [6, 6.07) is 17.3. The monoisotopic (exact) mass is 452 g/mol. The van der Waals surface area contributed by atoms with Crippen molar-refractivity contribution in [2.45, 2.75) is 104 Å². The first kappa shape index (κ1) is 26.2. The van der Waals surface area contributed by atoms with Gasteiger partial charge in [-0.25, -0.2) is 0 Å². The Morgan fingerprint density at radius 2 is 1.12 bits per heavy atom. The van der Waals surface area contributed by atoms with Crippen molar-refractivity contribution in [1.82, 2.24) is 0 Å². The molecule has 0 unspecified atom stereocenters. The molecule has 0 N–H and O–H groups in total. The van der Waals surface area contributed by atoms with Gasteiger partial charge in [0.05, 0.1) is 0 Å². The molecule has 1 fully saturated rings. The van der Waals surface area contributed by atoms with Gasteiger partial charge in [0.25, 0.3) is 0 Å². The van der Waals surface area contributed by atoms with Gasteiger partial charge in [0.15, 0.2) is 0 Å². The molecule has 0 radical (unpaired) electrons. The third kappa shape index (κ3) is 9.82. The number of aryl methyl sites for hydroxylation is 1. The van der Waals surface area contributed by atoms with Gasteiger partial charge in [-0.1, -0.05) is 114 Å². The first-order valence-electron chi connectivity index (χ1n) is 14.0. The highest BCUT2D eigenvalue weighted by Gasteiger charge is 2.20. The normalized spacial score (nSPS) is 17.4. The number of hydrogen-bond acceptors (Lipinski definition) is 0. The number of rotatable bonds is 10. The van der Waals surface area contributed by atoms with Gasteiger partial charge < -0.3 is 0 Å². The molecule has 2 aromatic carbocycles. The summed E-state index contributed by atoms with van der Waals surface area (Å²) >= 11 is 0. The zero-order chi connectivity index (χ0) is 23.8. The van der Waals surface area contributed by atoms with E-state index in [0.29, 0.717) is 0 Å². The summed E-state index contributed by atoms with van der Waals surface area (Å²) < 4.78 is 0. The molecule has 3 rings (SSSR count). The predicted molar refractivity (Wildman–Crippen MR) is 148 cm³/mol. The van der Waals surface area contributed by atoms with E-state index in [1.807, 2.05) is 0 Å². The SMILES string of the molecule is CCCCCCCC#Cc1ccc(C#Cc2ccc(CCC3CCC(CCC)CC3)cc2)cc1.